The smallest absolute Gasteiger partial charge is 0.235 e. The topological polar surface area (TPSA) is 95.2 Å². The van der Waals surface area contributed by atoms with Gasteiger partial charge in [0, 0.05) is 23.3 Å². The molecule has 1 aliphatic carbocycles. The lowest BCUT2D eigenvalue weighted by molar-refractivity contribution is -0.107. The SMILES string of the molecule is CC(C)S(=O)(=O)Nc1ccc(-c2cc(N(C=O)C3CC3)nc3[nH]ccc23)cc1. The number of anilines is 2. The van der Waals surface area contributed by atoms with Gasteiger partial charge in [-0.2, -0.15) is 0 Å². The molecule has 2 aromatic heterocycles. The number of hydrogen-bond acceptors (Lipinski definition) is 4. The van der Waals surface area contributed by atoms with Crippen LogP contribution in [0.2, 0.25) is 0 Å². The van der Waals surface area contributed by atoms with E-state index in [1.165, 1.54) is 0 Å². The molecule has 0 spiro atoms. The van der Waals surface area contributed by atoms with E-state index in [0.29, 0.717) is 17.2 Å². The molecule has 28 heavy (non-hydrogen) atoms. The molecular formula is C20H22N4O3S. The normalized spacial score (nSPS) is 14.4. The van der Waals surface area contributed by atoms with Crippen molar-refractivity contribution in [2.24, 2.45) is 0 Å². The Kier molecular flexibility index (Phi) is 4.58. The minimum Gasteiger partial charge on any atom is -0.346 e. The number of pyridine rings is 1. The van der Waals surface area contributed by atoms with Gasteiger partial charge in [0.1, 0.15) is 11.5 Å². The van der Waals surface area contributed by atoms with E-state index >= 15 is 0 Å². The summed E-state index contributed by atoms with van der Waals surface area (Å²) >= 11 is 0. The third kappa shape index (κ3) is 3.47. The van der Waals surface area contributed by atoms with Gasteiger partial charge < -0.3 is 4.98 Å². The molecule has 1 amide bonds. The molecule has 0 saturated heterocycles. The Morgan fingerprint density at radius 2 is 1.93 bits per heavy atom. The summed E-state index contributed by atoms with van der Waals surface area (Å²) in [7, 11) is -3.39. The Labute approximate surface area is 163 Å². The molecule has 1 fully saturated rings. The molecule has 146 valence electrons. The van der Waals surface area contributed by atoms with Crippen LogP contribution in [0.15, 0.2) is 42.6 Å². The van der Waals surface area contributed by atoms with Gasteiger partial charge in [-0.05, 0) is 62.1 Å². The van der Waals surface area contributed by atoms with E-state index in [2.05, 4.69) is 14.7 Å². The maximum atomic E-state index is 12.1. The zero-order valence-electron chi connectivity index (χ0n) is 15.7. The van der Waals surface area contributed by atoms with Gasteiger partial charge in [0.15, 0.2) is 0 Å². The minimum absolute atomic E-state index is 0.220. The van der Waals surface area contributed by atoms with Crippen molar-refractivity contribution >= 4 is 39.0 Å². The Morgan fingerprint density at radius 1 is 1.21 bits per heavy atom. The van der Waals surface area contributed by atoms with E-state index < -0.39 is 15.3 Å². The molecule has 1 saturated carbocycles. The van der Waals surface area contributed by atoms with Crippen molar-refractivity contribution in [3.63, 3.8) is 0 Å². The molecule has 1 aliphatic rings. The number of sulfonamides is 1. The molecule has 0 unspecified atom stereocenters. The standard InChI is InChI=1S/C20H22N4O3S/c1-13(2)28(26,27)23-15-5-3-14(4-6-15)18-11-19(24(12-25)16-7-8-16)22-20-17(18)9-10-21-20/h3-6,9-13,16,23H,7-8H2,1-2H3,(H,21,22). The van der Waals surface area contributed by atoms with Crippen LogP contribution in [0.4, 0.5) is 11.5 Å². The summed E-state index contributed by atoms with van der Waals surface area (Å²) in [6.07, 6.45) is 4.63. The second-order valence-electron chi connectivity index (χ2n) is 7.28. The first-order chi connectivity index (χ1) is 13.4. The lowest BCUT2D eigenvalue weighted by Gasteiger charge is -2.17. The maximum absolute atomic E-state index is 12.1. The van der Waals surface area contributed by atoms with Crippen molar-refractivity contribution in [1.82, 2.24) is 9.97 Å². The summed E-state index contributed by atoms with van der Waals surface area (Å²) in [5.41, 5.74) is 3.09. The molecule has 2 N–H and O–H groups in total. The first-order valence-electron chi connectivity index (χ1n) is 9.23. The van der Waals surface area contributed by atoms with Crippen molar-refractivity contribution in [1.29, 1.82) is 0 Å². The van der Waals surface area contributed by atoms with Gasteiger partial charge >= 0.3 is 0 Å². The van der Waals surface area contributed by atoms with E-state index in [9.17, 15) is 13.2 Å². The lowest BCUT2D eigenvalue weighted by Crippen LogP contribution is -2.24. The largest absolute Gasteiger partial charge is 0.346 e. The fraction of sp³-hybridized carbons (Fsp3) is 0.300. The molecule has 2 heterocycles. The zero-order chi connectivity index (χ0) is 19.9. The maximum Gasteiger partial charge on any atom is 0.235 e. The van der Waals surface area contributed by atoms with Crippen LogP contribution in [-0.2, 0) is 14.8 Å². The van der Waals surface area contributed by atoms with Crippen molar-refractivity contribution in [2.45, 2.75) is 38.0 Å². The fourth-order valence-corrected chi connectivity index (χ4v) is 3.78. The summed E-state index contributed by atoms with van der Waals surface area (Å²) in [6.45, 7) is 3.27. The van der Waals surface area contributed by atoms with Crippen LogP contribution in [0.3, 0.4) is 0 Å². The third-order valence-corrected chi connectivity index (χ3v) is 6.67. The highest BCUT2D eigenvalue weighted by atomic mass is 32.2. The van der Waals surface area contributed by atoms with E-state index in [0.717, 1.165) is 35.8 Å². The molecular weight excluding hydrogens is 376 g/mol. The van der Waals surface area contributed by atoms with E-state index in [1.807, 2.05) is 30.5 Å². The number of amides is 1. The van der Waals surface area contributed by atoms with Crippen LogP contribution in [0.5, 0.6) is 0 Å². The van der Waals surface area contributed by atoms with Crippen molar-refractivity contribution in [3.05, 3.63) is 42.6 Å². The van der Waals surface area contributed by atoms with E-state index in [-0.39, 0.29) is 6.04 Å². The van der Waals surface area contributed by atoms with Gasteiger partial charge in [-0.1, -0.05) is 12.1 Å². The first kappa shape index (κ1) is 18.5. The van der Waals surface area contributed by atoms with Crippen LogP contribution in [0.1, 0.15) is 26.7 Å². The van der Waals surface area contributed by atoms with Crippen LogP contribution in [0, 0.1) is 0 Å². The highest BCUT2D eigenvalue weighted by Crippen LogP contribution is 2.35. The third-order valence-electron chi connectivity index (χ3n) is 4.91. The van der Waals surface area contributed by atoms with Gasteiger partial charge in [-0.25, -0.2) is 13.4 Å². The summed E-state index contributed by atoms with van der Waals surface area (Å²) in [4.78, 5) is 20.9. The summed E-state index contributed by atoms with van der Waals surface area (Å²) in [6, 6.07) is 11.3. The summed E-state index contributed by atoms with van der Waals surface area (Å²) in [5, 5.41) is 0.437. The second kappa shape index (κ2) is 6.94. The molecule has 3 aromatic rings. The van der Waals surface area contributed by atoms with E-state index in [4.69, 9.17) is 0 Å². The Bertz CT molecular complexity index is 1120. The molecule has 8 heteroatoms. The van der Waals surface area contributed by atoms with Crippen molar-refractivity contribution in [3.8, 4) is 11.1 Å². The molecule has 7 nitrogen and oxygen atoms in total. The van der Waals surface area contributed by atoms with Gasteiger partial charge in [0.25, 0.3) is 0 Å². The number of nitrogens with zero attached hydrogens (tertiary/aromatic N) is 2. The number of hydrogen-bond donors (Lipinski definition) is 2. The number of carbonyl (C=O) groups is 1. The van der Waals surface area contributed by atoms with Gasteiger partial charge in [-0.15, -0.1) is 0 Å². The molecule has 0 atom stereocenters. The average Bonchev–Trinajstić information content (AvgIpc) is 3.38. The van der Waals surface area contributed by atoms with Crippen molar-refractivity contribution in [2.75, 3.05) is 9.62 Å². The van der Waals surface area contributed by atoms with Crippen LogP contribution < -0.4 is 9.62 Å². The van der Waals surface area contributed by atoms with Crippen molar-refractivity contribution < 1.29 is 13.2 Å². The van der Waals surface area contributed by atoms with Crippen LogP contribution in [0.25, 0.3) is 22.2 Å². The van der Waals surface area contributed by atoms with Gasteiger partial charge in [0.2, 0.25) is 16.4 Å². The molecule has 0 radical (unpaired) electrons. The average molecular weight is 398 g/mol. The monoisotopic (exact) mass is 398 g/mol. The number of H-pyrrole nitrogens is 1. The predicted molar refractivity (Wildman–Crippen MR) is 111 cm³/mol. The fourth-order valence-electron chi connectivity index (χ4n) is 3.08. The number of fused-ring (bicyclic) bond motifs is 1. The van der Waals surface area contributed by atoms with Crippen LogP contribution in [-0.4, -0.2) is 36.1 Å². The number of aromatic nitrogens is 2. The van der Waals surface area contributed by atoms with E-state index in [1.54, 1.807) is 30.9 Å². The number of benzene rings is 1. The second-order valence-corrected chi connectivity index (χ2v) is 9.52. The summed E-state index contributed by atoms with van der Waals surface area (Å²) < 4.78 is 26.7. The highest BCUT2D eigenvalue weighted by Gasteiger charge is 2.30. The van der Waals surface area contributed by atoms with Crippen LogP contribution >= 0.6 is 0 Å². The summed E-state index contributed by atoms with van der Waals surface area (Å²) in [5.74, 6) is 0.618. The lowest BCUT2D eigenvalue weighted by atomic mass is 10.0. The number of nitrogens with one attached hydrogen (secondary N) is 2. The molecule has 0 aliphatic heterocycles. The number of carbonyl (C=O) groups excluding carboxylic acids is 1. The first-order valence-corrected chi connectivity index (χ1v) is 10.8. The predicted octanol–water partition coefficient (Wildman–Crippen LogP) is 3.51. The molecule has 4 rings (SSSR count). The Balaban J connectivity index is 1.72. The number of aromatic amines is 1. The molecule has 1 aromatic carbocycles. The Morgan fingerprint density at radius 3 is 2.54 bits per heavy atom. The minimum atomic E-state index is -3.39. The Hall–Kier alpha value is -2.87. The zero-order valence-corrected chi connectivity index (χ0v) is 16.5. The quantitative estimate of drug-likeness (QED) is 0.596. The van der Waals surface area contributed by atoms with Gasteiger partial charge in [0.05, 0.1) is 5.25 Å². The highest BCUT2D eigenvalue weighted by molar-refractivity contribution is 7.93. The van der Waals surface area contributed by atoms with Gasteiger partial charge in [-0.3, -0.25) is 14.4 Å². The molecule has 0 bridgehead atoms. The number of rotatable bonds is 7.